The van der Waals surface area contributed by atoms with E-state index in [2.05, 4.69) is 4.98 Å². The molecule has 0 N–H and O–H groups in total. The Labute approximate surface area is 158 Å². The molecule has 0 bridgehead atoms. The third-order valence-electron chi connectivity index (χ3n) is 4.46. The number of fused-ring (bicyclic) bond motifs is 1. The van der Waals surface area contributed by atoms with Crippen LogP contribution in [0.15, 0.2) is 46.8 Å². The molecule has 1 aliphatic rings. The van der Waals surface area contributed by atoms with Gasteiger partial charge in [0.2, 0.25) is 5.91 Å². The Bertz CT molecular complexity index is 1050. The van der Waals surface area contributed by atoms with Crippen molar-refractivity contribution in [3.63, 3.8) is 0 Å². The van der Waals surface area contributed by atoms with E-state index in [-0.39, 0.29) is 24.4 Å². The van der Waals surface area contributed by atoms with E-state index in [1.165, 1.54) is 22.2 Å². The third kappa shape index (κ3) is 3.61. The van der Waals surface area contributed by atoms with E-state index in [0.717, 1.165) is 18.7 Å². The standard InChI is InChI=1S/C19H17N3O4S/c23-16-2-1-9-22(16)13-3-5-14(6-4-13)26-17(24)7-10-21-12-20-18-15(19(21)25)8-11-27-18/h3-6,8,11-12H,1-2,7,9-10H2. The third-order valence-corrected chi connectivity index (χ3v) is 5.28. The molecule has 1 amide bonds. The Morgan fingerprint density at radius 3 is 2.74 bits per heavy atom. The predicted octanol–water partition coefficient (Wildman–Crippen LogP) is 2.58. The van der Waals surface area contributed by atoms with Gasteiger partial charge in [-0.3, -0.25) is 19.0 Å². The first-order chi connectivity index (χ1) is 13.1. The summed E-state index contributed by atoms with van der Waals surface area (Å²) in [7, 11) is 0. The molecule has 0 unspecified atom stereocenters. The highest BCUT2D eigenvalue weighted by atomic mass is 32.1. The molecule has 3 aromatic rings. The quantitative estimate of drug-likeness (QED) is 0.500. The van der Waals surface area contributed by atoms with Crippen LogP contribution >= 0.6 is 11.3 Å². The van der Waals surface area contributed by atoms with E-state index in [4.69, 9.17) is 4.74 Å². The Hall–Kier alpha value is -3.00. The second-order valence-electron chi connectivity index (χ2n) is 6.25. The zero-order valence-corrected chi connectivity index (χ0v) is 15.3. The van der Waals surface area contributed by atoms with Gasteiger partial charge in [-0.1, -0.05) is 0 Å². The molecule has 1 saturated heterocycles. The molecule has 138 valence electrons. The van der Waals surface area contributed by atoms with Gasteiger partial charge < -0.3 is 9.64 Å². The Morgan fingerprint density at radius 2 is 2.00 bits per heavy atom. The summed E-state index contributed by atoms with van der Waals surface area (Å²) in [6.45, 7) is 0.923. The number of amides is 1. The lowest BCUT2D eigenvalue weighted by Gasteiger charge is -2.15. The van der Waals surface area contributed by atoms with E-state index >= 15 is 0 Å². The molecule has 3 heterocycles. The fourth-order valence-electron chi connectivity index (χ4n) is 3.06. The SMILES string of the molecule is O=C(CCn1cnc2sccc2c1=O)Oc1ccc(N2CCCC2=O)cc1. The number of carbonyl (C=O) groups excluding carboxylic acids is 2. The van der Waals surface area contributed by atoms with Crippen molar-refractivity contribution < 1.29 is 14.3 Å². The van der Waals surface area contributed by atoms with E-state index in [1.807, 2.05) is 5.38 Å². The minimum Gasteiger partial charge on any atom is -0.426 e. The van der Waals surface area contributed by atoms with Gasteiger partial charge in [-0.25, -0.2) is 4.98 Å². The van der Waals surface area contributed by atoms with Crippen molar-refractivity contribution in [3.05, 3.63) is 52.4 Å². The van der Waals surface area contributed by atoms with Crippen LogP contribution in [0.5, 0.6) is 5.75 Å². The van der Waals surface area contributed by atoms with Gasteiger partial charge >= 0.3 is 5.97 Å². The summed E-state index contributed by atoms with van der Waals surface area (Å²) in [4.78, 5) is 42.8. The molecule has 27 heavy (non-hydrogen) atoms. The molecule has 0 radical (unpaired) electrons. The monoisotopic (exact) mass is 383 g/mol. The summed E-state index contributed by atoms with van der Waals surface area (Å²) in [6, 6.07) is 8.61. The van der Waals surface area contributed by atoms with Crippen molar-refractivity contribution in [1.29, 1.82) is 0 Å². The van der Waals surface area contributed by atoms with E-state index < -0.39 is 5.97 Å². The zero-order valence-electron chi connectivity index (χ0n) is 14.5. The van der Waals surface area contributed by atoms with Crippen molar-refractivity contribution in [2.45, 2.75) is 25.8 Å². The van der Waals surface area contributed by atoms with Crippen LogP contribution in [0.3, 0.4) is 0 Å². The van der Waals surface area contributed by atoms with Gasteiger partial charge in [0.1, 0.15) is 10.6 Å². The number of esters is 1. The number of anilines is 1. The van der Waals surface area contributed by atoms with Gasteiger partial charge in [-0.2, -0.15) is 0 Å². The number of aryl methyl sites for hydroxylation is 1. The Balaban J connectivity index is 1.37. The largest absolute Gasteiger partial charge is 0.426 e. The molecule has 2 aromatic heterocycles. The number of hydrogen-bond donors (Lipinski definition) is 0. The lowest BCUT2D eigenvalue weighted by Crippen LogP contribution is -2.23. The highest BCUT2D eigenvalue weighted by Crippen LogP contribution is 2.24. The smallest absolute Gasteiger partial charge is 0.312 e. The number of rotatable bonds is 5. The Kier molecular flexibility index (Phi) is 4.72. The first-order valence-corrected chi connectivity index (χ1v) is 9.53. The normalized spacial score (nSPS) is 14.1. The molecule has 8 heteroatoms. The Morgan fingerprint density at radius 1 is 1.19 bits per heavy atom. The first kappa shape index (κ1) is 17.4. The van der Waals surface area contributed by atoms with Crippen LogP contribution in [-0.2, 0) is 16.1 Å². The summed E-state index contributed by atoms with van der Waals surface area (Å²) >= 11 is 1.41. The maximum absolute atomic E-state index is 12.3. The van der Waals surface area contributed by atoms with Crippen molar-refractivity contribution in [2.75, 3.05) is 11.4 Å². The van der Waals surface area contributed by atoms with Crippen LogP contribution < -0.4 is 15.2 Å². The van der Waals surface area contributed by atoms with Crippen LogP contribution in [-0.4, -0.2) is 28.0 Å². The van der Waals surface area contributed by atoms with E-state index in [0.29, 0.717) is 22.4 Å². The molecule has 0 atom stereocenters. The molecule has 7 nitrogen and oxygen atoms in total. The van der Waals surface area contributed by atoms with E-state index in [9.17, 15) is 14.4 Å². The van der Waals surface area contributed by atoms with Gasteiger partial charge in [0.15, 0.2) is 0 Å². The summed E-state index contributed by atoms with van der Waals surface area (Å²) in [5.41, 5.74) is 0.646. The molecule has 0 saturated carbocycles. The van der Waals surface area contributed by atoms with Crippen molar-refractivity contribution in [1.82, 2.24) is 9.55 Å². The fraction of sp³-hybridized carbons (Fsp3) is 0.263. The molecule has 4 rings (SSSR count). The molecule has 0 spiro atoms. The van der Waals surface area contributed by atoms with Crippen LogP contribution in [0.4, 0.5) is 5.69 Å². The minimum atomic E-state index is -0.433. The van der Waals surface area contributed by atoms with Crippen molar-refractivity contribution in [2.24, 2.45) is 0 Å². The number of benzene rings is 1. The number of thiophene rings is 1. The van der Waals surface area contributed by atoms with Gasteiger partial charge in [-0.05, 0) is 42.1 Å². The van der Waals surface area contributed by atoms with Gasteiger partial charge in [0.05, 0.1) is 18.1 Å². The molecule has 1 fully saturated rings. The molecule has 0 aliphatic carbocycles. The number of nitrogens with zero attached hydrogens (tertiary/aromatic N) is 3. The number of carbonyl (C=O) groups is 2. The minimum absolute atomic E-state index is 0.0591. The lowest BCUT2D eigenvalue weighted by atomic mass is 10.3. The number of ether oxygens (including phenoxy) is 1. The fourth-order valence-corrected chi connectivity index (χ4v) is 3.79. The molecule has 1 aliphatic heterocycles. The molecular formula is C19H17N3O4S. The summed E-state index contributed by atoms with van der Waals surface area (Å²) in [5, 5.41) is 2.37. The molecular weight excluding hydrogens is 366 g/mol. The van der Waals surface area contributed by atoms with E-state index in [1.54, 1.807) is 35.2 Å². The predicted molar refractivity (Wildman–Crippen MR) is 102 cm³/mol. The second kappa shape index (κ2) is 7.32. The summed E-state index contributed by atoms with van der Waals surface area (Å²) < 4.78 is 6.73. The van der Waals surface area contributed by atoms with Crippen LogP contribution in [0.2, 0.25) is 0 Å². The van der Waals surface area contributed by atoms with Crippen molar-refractivity contribution in [3.8, 4) is 5.75 Å². The van der Waals surface area contributed by atoms with Crippen molar-refractivity contribution >= 4 is 39.1 Å². The summed E-state index contributed by atoms with van der Waals surface area (Å²) in [6.07, 6.45) is 2.95. The number of hydrogen-bond acceptors (Lipinski definition) is 6. The maximum atomic E-state index is 12.3. The topological polar surface area (TPSA) is 81.5 Å². The lowest BCUT2D eigenvalue weighted by molar-refractivity contribution is -0.134. The first-order valence-electron chi connectivity index (χ1n) is 8.65. The maximum Gasteiger partial charge on any atom is 0.312 e. The summed E-state index contributed by atoms with van der Waals surface area (Å²) in [5.74, 6) is 0.0906. The van der Waals surface area contributed by atoms with Gasteiger partial charge in [0.25, 0.3) is 5.56 Å². The van der Waals surface area contributed by atoms with Crippen LogP contribution in [0.1, 0.15) is 19.3 Å². The number of aromatic nitrogens is 2. The average Bonchev–Trinajstić information content (AvgIpc) is 3.31. The van der Waals surface area contributed by atoms with Crippen LogP contribution in [0.25, 0.3) is 10.2 Å². The highest BCUT2D eigenvalue weighted by Gasteiger charge is 2.21. The second-order valence-corrected chi connectivity index (χ2v) is 7.14. The average molecular weight is 383 g/mol. The van der Waals surface area contributed by atoms with Crippen LogP contribution in [0, 0.1) is 0 Å². The highest BCUT2D eigenvalue weighted by molar-refractivity contribution is 7.16. The van der Waals surface area contributed by atoms with Gasteiger partial charge in [-0.15, -0.1) is 11.3 Å². The molecule has 1 aromatic carbocycles. The van der Waals surface area contributed by atoms with Gasteiger partial charge in [0, 0.05) is 25.2 Å². The zero-order chi connectivity index (χ0) is 18.8.